The van der Waals surface area contributed by atoms with Crippen molar-refractivity contribution in [3.05, 3.63) is 46.7 Å². The van der Waals surface area contributed by atoms with Crippen LogP contribution >= 0.6 is 46.2 Å². The Morgan fingerprint density at radius 2 is 2.07 bits per heavy atom. The number of hydrogen-bond donors (Lipinski definition) is 2. The third-order valence-electron chi connectivity index (χ3n) is 3.41. The van der Waals surface area contributed by atoms with Gasteiger partial charge in [-0.05, 0) is 30.0 Å². The van der Waals surface area contributed by atoms with Crippen LogP contribution in [-0.4, -0.2) is 34.2 Å². The SMILES string of the molecule is N#CCSc1ccccc1NC(=O)CSc1nnc(NCCc2cccs2)s1. The summed E-state index contributed by atoms with van der Waals surface area (Å²) >= 11 is 5.95. The van der Waals surface area contributed by atoms with Crippen molar-refractivity contribution < 1.29 is 4.79 Å². The number of nitrogens with one attached hydrogen (secondary N) is 2. The van der Waals surface area contributed by atoms with Crippen molar-refractivity contribution in [3.63, 3.8) is 0 Å². The van der Waals surface area contributed by atoms with E-state index in [2.05, 4.69) is 38.3 Å². The van der Waals surface area contributed by atoms with Crippen LogP contribution in [0.1, 0.15) is 4.88 Å². The van der Waals surface area contributed by atoms with Gasteiger partial charge in [0.2, 0.25) is 11.0 Å². The number of anilines is 2. The van der Waals surface area contributed by atoms with E-state index < -0.39 is 0 Å². The van der Waals surface area contributed by atoms with E-state index in [1.54, 1.807) is 11.3 Å². The summed E-state index contributed by atoms with van der Waals surface area (Å²) in [6, 6.07) is 13.7. The molecule has 2 heterocycles. The van der Waals surface area contributed by atoms with Crippen LogP contribution in [-0.2, 0) is 11.2 Å². The van der Waals surface area contributed by atoms with Gasteiger partial charge in [0.25, 0.3) is 0 Å². The maximum Gasteiger partial charge on any atom is 0.234 e. The lowest BCUT2D eigenvalue weighted by Crippen LogP contribution is -2.14. The van der Waals surface area contributed by atoms with Gasteiger partial charge in [-0.1, -0.05) is 41.3 Å². The molecule has 10 heteroatoms. The predicted octanol–water partition coefficient (Wildman–Crippen LogP) is 4.60. The first-order valence-electron chi connectivity index (χ1n) is 8.36. The molecule has 1 aromatic carbocycles. The Hall–Kier alpha value is -2.06. The zero-order valence-electron chi connectivity index (χ0n) is 14.8. The molecular weight excluding hydrogens is 431 g/mol. The molecule has 0 radical (unpaired) electrons. The number of hydrogen-bond acceptors (Lipinski definition) is 9. The molecule has 2 aromatic heterocycles. The van der Waals surface area contributed by atoms with Gasteiger partial charge < -0.3 is 10.6 Å². The molecule has 0 atom stereocenters. The third-order valence-corrected chi connectivity index (χ3v) is 7.31. The van der Waals surface area contributed by atoms with Crippen LogP contribution in [0, 0.1) is 11.3 Å². The lowest BCUT2D eigenvalue weighted by atomic mass is 10.3. The highest BCUT2D eigenvalue weighted by atomic mass is 32.2. The Labute approximate surface area is 179 Å². The molecule has 0 spiro atoms. The molecular formula is C18H17N5OS4. The monoisotopic (exact) mass is 447 g/mol. The zero-order valence-corrected chi connectivity index (χ0v) is 18.0. The minimum atomic E-state index is -0.114. The van der Waals surface area contributed by atoms with Gasteiger partial charge in [-0.3, -0.25) is 4.79 Å². The van der Waals surface area contributed by atoms with Gasteiger partial charge in [-0.25, -0.2) is 0 Å². The van der Waals surface area contributed by atoms with Crippen LogP contribution in [0.3, 0.4) is 0 Å². The maximum absolute atomic E-state index is 12.3. The fourth-order valence-corrected chi connectivity index (χ4v) is 5.16. The van der Waals surface area contributed by atoms with Crippen LogP contribution in [0.5, 0.6) is 0 Å². The molecule has 0 aliphatic rings. The van der Waals surface area contributed by atoms with Gasteiger partial charge in [0.15, 0.2) is 4.34 Å². The summed E-state index contributed by atoms with van der Waals surface area (Å²) < 4.78 is 0.751. The Morgan fingerprint density at radius 1 is 1.18 bits per heavy atom. The number of nitrogens with zero attached hydrogens (tertiary/aromatic N) is 3. The number of thiophene rings is 1. The molecule has 28 heavy (non-hydrogen) atoms. The Kier molecular flexibility index (Phi) is 8.17. The van der Waals surface area contributed by atoms with Gasteiger partial charge in [0, 0.05) is 16.3 Å². The van der Waals surface area contributed by atoms with E-state index in [0.717, 1.165) is 33.0 Å². The molecule has 0 aliphatic heterocycles. The smallest absolute Gasteiger partial charge is 0.234 e. The number of para-hydroxylation sites is 1. The van der Waals surface area contributed by atoms with Crippen molar-refractivity contribution in [2.24, 2.45) is 0 Å². The van der Waals surface area contributed by atoms with E-state index in [4.69, 9.17) is 5.26 Å². The van der Waals surface area contributed by atoms with Crippen molar-refractivity contribution in [2.75, 3.05) is 28.7 Å². The van der Waals surface area contributed by atoms with Gasteiger partial charge in [-0.2, -0.15) is 5.26 Å². The van der Waals surface area contributed by atoms with Crippen molar-refractivity contribution in [1.29, 1.82) is 5.26 Å². The number of thioether (sulfide) groups is 2. The minimum Gasteiger partial charge on any atom is -0.360 e. The van der Waals surface area contributed by atoms with Crippen LogP contribution in [0.25, 0.3) is 0 Å². The standard InChI is InChI=1S/C18H17N5OS4/c19-8-11-26-15-6-2-1-5-14(15)21-16(24)12-27-18-23-22-17(28-18)20-9-7-13-4-3-10-25-13/h1-6,10H,7,9,11-12H2,(H,20,22)(H,21,24). The van der Waals surface area contributed by atoms with Gasteiger partial charge >= 0.3 is 0 Å². The average Bonchev–Trinajstić information content (AvgIpc) is 3.38. The fraction of sp³-hybridized carbons (Fsp3) is 0.222. The number of carbonyl (C=O) groups excluding carboxylic acids is 1. The molecule has 144 valence electrons. The van der Waals surface area contributed by atoms with Gasteiger partial charge in [0.1, 0.15) is 0 Å². The lowest BCUT2D eigenvalue weighted by molar-refractivity contribution is -0.113. The molecule has 0 unspecified atom stereocenters. The van der Waals surface area contributed by atoms with E-state index in [1.165, 1.54) is 39.7 Å². The topological polar surface area (TPSA) is 90.7 Å². The fourth-order valence-electron chi connectivity index (χ4n) is 2.21. The molecule has 0 aliphatic carbocycles. The number of nitriles is 1. The Bertz CT molecular complexity index is 936. The number of rotatable bonds is 10. The lowest BCUT2D eigenvalue weighted by Gasteiger charge is -2.08. The molecule has 6 nitrogen and oxygen atoms in total. The summed E-state index contributed by atoms with van der Waals surface area (Å²) in [7, 11) is 0. The summed E-state index contributed by atoms with van der Waals surface area (Å²) in [5, 5.41) is 26.0. The Morgan fingerprint density at radius 3 is 2.89 bits per heavy atom. The molecule has 2 N–H and O–H groups in total. The van der Waals surface area contributed by atoms with Crippen molar-refractivity contribution >= 4 is 62.9 Å². The molecule has 0 saturated heterocycles. The van der Waals surface area contributed by atoms with Crippen molar-refractivity contribution in [3.8, 4) is 6.07 Å². The van der Waals surface area contributed by atoms with E-state index >= 15 is 0 Å². The number of amides is 1. The maximum atomic E-state index is 12.3. The van der Waals surface area contributed by atoms with Crippen molar-refractivity contribution in [2.45, 2.75) is 15.7 Å². The van der Waals surface area contributed by atoms with Crippen LogP contribution in [0.15, 0.2) is 51.0 Å². The largest absolute Gasteiger partial charge is 0.360 e. The normalized spacial score (nSPS) is 10.4. The molecule has 3 aromatic rings. The molecule has 1 amide bonds. The van der Waals surface area contributed by atoms with Crippen molar-refractivity contribution in [1.82, 2.24) is 10.2 Å². The average molecular weight is 448 g/mol. The summed E-state index contributed by atoms with van der Waals surface area (Å²) in [4.78, 5) is 14.5. The number of benzene rings is 1. The van der Waals surface area contributed by atoms with E-state index in [-0.39, 0.29) is 11.7 Å². The Balaban J connectivity index is 1.44. The number of carbonyl (C=O) groups is 1. The van der Waals surface area contributed by atoms with Crippen LogP contribution < -0.4 is 10.6 Å². The number of aromatic nitrogens is 2. The van der Waals surface area contributed by atoms with E-state index in [0.29, 0.717) is 5.75 Å². The summed E-state index contributed by atoms with van der Waals surface area (Å²) in [6.07, 6.45) is 0.950. The van der Waals surface area contributed by atoms with Crippen LogP contribution in [0.4, 0.5) is 10.8 Å². The quantitative estimate of drug-likeness (QED) is 0.439. The zero-order chi connectivity index (χ0) is 19.6. The second-order valence-electron chi connectivity index (χ2n) is 5.41. The highest BCUT2D eigenvalue weighted by Gasteiger charge is 2.10. The summed E-state index contributed by atoms with van der Waals surface area (Å²) in [5.41, 5.74) is 0.724. The minimum absolute atomic E-state index is 0.114. The third kappa shape index (κ3) is 6.53. The first-order chi connectivity index (χ1) is 13.7. The molecule has 0 bridgehead atoms. The highest BCUT2D eigenvalue weighted by Crippen LogP contribution is 2.28. The van der Waals surface area contributed by atoms with E-state index in [1.807, 2.05) is 30.3 Å². The molecule has 0 saturated carbocycles. The highest BCUT2D eigenvalue weighted by molar-refractivity contribution is 8.01. The van der Waals surface area contributed by atoms with Crippen LogP contribution in [0.2, 0.25) is 0 Å². The molecule has 0 fully saturated rings. The van der Waals surface area contributed by atoms with Gasteiger partial charge in [0.05, 0.1) is 23.3 Å². The second-order valence-corrected chi connectivity index (χ2v) is 9.66. The van der Waals surface area contributed by atoms with Gasteiger partial charge in [-0.15, -0.1) is 33.3 Å². The first-order valence-corrected chi connectivity index (χ1v) is 12.0. The summed E-state index contributed by atoms with van der Waals surface area (Å²) in [5.74, 6) is 0.480. The second kappa shape index (κ2) is 11.1. The summed E-state index contributed by atoms with van der Waals surface area (Å²) in [6.45, 7) is 0.803. The molecule has 3 rings (SSSR count). The predicted molar refractivity (Wildman–Crippen MR) is 119 cm³/mol. The first kappa shape index (κ1) is 20.7. The van der Waals surface area contributed by atoms with E-state index in [9.17, 15) is 4.79 Å².